The molecule has 1 aliphatic heterocycles. The molecule has 0 bridgehead atoms. The average molecular weight is 310 g/mol. The van der Waals surface area contributed by atoms with Crippen LogP contribution in [0.4, 0.5) is 0 Å². The van der Waals surface area contributed by atoms with E-state index in [0.29, 0.717) is 32.7 Å². The molecule has 0 aromatic carbocycles. The van der Waals surface area contributed by atoms with Crippen LogP contribution < -0.4 is 5.73 Å². The Kier molecular flexibility index (Phi) is 10.1. The molecule has 2 unspecified atom stereocenters. The van der Waals surface area contributed by atoms with E-state index in [0.717, 1.165) is 19.5 Å². The summed E-state index contributed by atoms with van der Waals surface area (Å²) < 4.78 is 5.25. The molecule has 0 aliphatic carbocycles. The summed E-state index contributed by atoms with van der Waals surface area (Å²) in [5, 5.41) is 10.0. The predicted molar refractivity (Wildman–Crippen MR) is 81.0 cm³/mol. The van der Waals surface area contributed by atoms with Gasteiger partial charge in [-0.05, 0) is 6.42 Å². The number of amides is 1. The van der Waals surface area contributed by atoms with Crippen molar-refractivity contribution in [1.29, 1.82) is 0 Å². The number of halogens is 1. The van der Waals surface area contributed by atoms with Gasteiger partial charge in [-0.15, -0.1) is 12.4 Å². The second-order valence-electron chi connectivity index (χ2n) is 5.18. The van der Waals surface area contributed by atoms with Gasteiger partial charge >= 0.3 is 0 Å². The standard InChI is InChI=1S/C13H27N3O3.ClH/c1-3-4-12(14)13(18)15(2)9-11(17)10-16-5-7-19-8-6-16;/h11-12,17H,3-10,14H2,1-2H3;1H. The van der Waals surface area contributed by atoms with Crippen LogP contribution in [0.5, 0.6) is 0 Å². The maximum absolute atomic E-state index is 11.9. The second-order valence-corrected chi connectivity index (χ2v) is 5.18. The molecule has 120 valence electrons. The first-order valence-corrected chi connectivity index (χ1v) is 7.03. The molecule has 6 nitrogen and oxygen atoms in total. The molecular formula is C13H28ClN3O3. The number of nitrogens with two attached hydrogens (primary N) is 1. The van der Waals surface area contributed by atoms with E-state index in [1.165, 1.54) is 4.90 Å². The van der Waals surface area contributed by atoms with Crippen molar-refractivity contribution >= 4 is 18.3 Å². The number of aliphatic hydroxyl groups is 1. The van der Waals surface area contributed by atoms with Crippen molar-refractivity contribution in [3.05, 3.63) is 0 Å². The molecule has 1 aliphatic rings. The highest BCUT2D eigenvalue weighted by atomic mass is 35.5. The molecule has 0 aromatic heterocycles. The molecule has 1 fully saturated rings. The molecule has 0 spiro atoms. The molecule has 1 heterocycles. The monoisotopic (exact) mass is 309 g/mol. The lowest BCUT2D eigenvalue weighted by molar-refractivity contribution is -0.133. The van der Waals surface area contributed by atoms with E-state index in [4.69, 9.17) is 10.5 Å². The van der Waals surface area contributed by atoms with E-state index in [9.17, 15) is 9.90 Å². The third kappa shape index (κ3) is 6.85. The van der Waals surface area contributed by atoms with Crippen LogP contribution in [0.3, 0.4) is 0 Å². The molecule has 20 heavy (non-hydrogen) atoms. The molecule has 3 N–H and O–H groups in total. The summed E-state index contributed by atoms with van der Waals surface area (Å²) in [6.07, 6.45) is 1.03. The van der Waals surface area contributed by atoms with Crippen LogP contribution in [0, 0.1) is 0 Å². The van der Waals surface area contributed by atoms with E-state index < -0.39 is 12.1 Å². The Labute approximate surface area is 127 Å². The molecule has 0 saturated carbocycles. The molecule has 1 amide bonds. The summed E-state index contributed by atoms with van der Waals surface area (Å²) in [5.74, 6) is -0.0946. The first-order chi connectivity index (χ1) is 9.04. The minimum atomic E-state index is -0.541. The summed E-state index contributed by atoms with van der Waals surface area (Å²) >= 11 is 0. The number of nitrogens with zero attached hydrogens (tertiary/aromatic N) is 2. The topological polar surface area (TPSA) is 79.0 Å². The number of ether oxygens (including phenoxy) is 1. The van der Waals surface area contributed by atoms with Crippen LogP contribution >= 0.6 is 12.4 Å². The number of hydrogen-bond donors (Lipinski definition) is 2. The predicted octanol–water partition coefficient (Wildman–Crippen LogP) is -0.313. The number of hydrogen-bond acceptors (Lipinski definition) is 5. The van der Waals surface area contributed by atoms with Gasteiger partial charge in [0, 0.05) is 33.2 Å². The SMILES string of the molecule is CCCC(N)C(=O)N(C)CC(O)CN1CCOCC1.Cl. The van der Waals surface area contributed by atoms with Gasteiger partial charge in [-0.2, -0.15) is 0 Å². The minimum absolute atomic E-state index is 0. The first kappa shape index (κ1) is 19.6. The third-order valence-electron chi connectivity index (χ3n) is 3.35. The zero-order chi connectivity index (χ0) is 14.3. The summed E-state index contributed by atoms with van der Waals surface area (Å²) in [6.45, 7) is 6.00. The Bertz CT molecular complexity index is 276. The largest absolute Gasteiger partial charge is 0.390 e. The number of carbonyl (C=O) groups is 1. The molecule has 2 atom stereocenters. The molecule has 0 radical (unpaired) electrons. The van der Waals surface area contributed by atoms with Gasteiger partial charge in [0.2, 0.25) is 5.91 Å². The summed E-state index contributed by atoms with van der Waals surface area (Å²) in [7, 11) is 1.69. The van der Waals surface area contributed by atoms with Gasteiger partial charge in [0.05, 0.1) is 25.4 Å². The minimum Gasteiger partial charge on any atom is -0.390 e. The Morgan fingerprint density at radius 1 is 1.45 bits per heavy atom. The highest BCUT2D eigenvalue weighted by Crippen LogP contribution is 2.02. The number of aliphatic hydroxyl groups excluding tert-OH is 1. The van der Waals surface area contributed by atoms with Gasteiger partial charge < -0.3 is 20.5 Å². The van der Waals surface area contributed by atoms with Gasteiger partial charge in [0.1, 0.15) is 0 Å². The van der Waals surface area contributed by atoms with Crippen molar-refractivity contribution in [1.82, 2.24) is 9.80 Å². The Hall–Kier alpha value is -0.400. The number of β-amino-alcohol motifs (C(OH)–C–C–N with tert-alkyl or cyclic N) is 1. The lowest BCUT2D eigenvalue weighted by Gasteiger charge is -2.30. The third-order valence-corrected chi connectivity index (χ3v) is 3.35. The number of rotatable bonds is 7. The smallest absolute Gasteiger partial charge is 0.239 e. The van der Waals surface area contributed by atoms with Crippen molar-refractivity contribution < 1.29 is 14.6 Å². The zero-order valence-electron chi connectivity index (χ0n) is 12.5. The molecule has 7 heteroatoms. The van der Waals surface area contributed by atoms with Gasteiger partial charge in [-0.25, -0.2) is 0 Å². The number of carbonyl (C=O) groups excluding carboxylic acids is 1. The Morgan fingerprint density at radius 2 is 2.05 bits per heavy atom. The fourth-order valence-corrected chi connectivity index (χ4v) is 2.26. The molecule has 1 rings (SSSR count). The number of likely N-dealkylation sites (N-methyl/N-ethyl adjacent to an activating group) is 1. The first-order valence-electron chi connectivity index (χ1n) is 7.03. The highest BCUT2D eigenvalue weighted by molar-refractivity contribution is 5.85. The van der Waals surface area contributed by atoms with Gasteiger partial charge in [-0.3, -0.25) is 9.69 Å². The summed E-state index contributed by atoms with van der Waals surface area (Å²) in [6, 6.07) is -0.453. The maximum Gasteiger partial charge on any atom is 0.239 e. The fraction of sp³-hybridized carbons (Fsp3) is 0.923. The van der Waals surface area contributed by atoms with Crippen molar-refractivity contribution in [2.24, 2.45) is 5.73 Å². The van der Waals surface area contributed by atoms with E-state index in [-0.39, 0.29) is 18.3 Å². The van der Waals surface area contributed by atoms with Crippen LogP contribution in [-0.4, -0.2) is 79.4 Å². The Balaban J connectivity index is 0.00000361. The lowest BCUT2D eigenvalue weighted by Crippen LogP contribution is -2.48. The molecular weight excluding hydrogens is 282 g/mol. The van der Waals surface area contributed by atoms with Crippen molar-refractivity contribution in [3.8, 4) is 0 Å². The van der Waals surface area contributed by atoms with Gasteiger partial charge in [-0.1, -0.05) is 13.3 Å². The van der Waals surface area contributed by atoms with Crippen LogP contribution in [0.25, 0.3) is 0 Å². The maximum atomic E-state index is 11.9. The van der Waals surface area contributed by atoms with Gasteiger partial charge in [0.25, 0.3) is 0 Å². The second kappa shape index (κ2) is 10.3. The summed E-state index contributed by atoms with van der Waals surface area (Å²) in [4.78, 5) is 15.6. The van der Waals surface area contributed by atoms with Crippen molar-refractivity contribution in [3.63, 3.8) is 0 Å². The van der Waals surface area contributed by atoms with Crippen LogP contribution in [0.1, 0.15) is 19.8 Å². The average Bonchev–Trinajstić information content (AvgIpc) is 2.39. The quantitative estimate of drug-likeness (QED) is 0.674. The molecule has 1 saturated heterocycles. The van der Waals surface area contributed by atoms with Crippen LogP contribution in [0.2, 0.25) is 0 Å². The van der Waals surface area contributed by atoms with Crippen LogP contribution in [-0.2, 0) is 9.53 Å². The molecule has 0 aromatic rings. The summed E-state index contributed by atoms with van der Waals surface area (Å²) in [5.41, 5.74) is 5.79. The highest BCUT2D eigenvalue weighted by Gasteiger charge is 2.21. The lowest BCUT2D eigenvalue weighted by atomic mass is 10.1. The van der Waals surface area contributed by atoms with Gasteiger partial charge in [0.15, 0.2) is 0 Å². The van der Waals surface area contributed by atoms with Crippen LogP contribution in [0.15, 0.2) is 0 Å². The fourth-order valence-electron chi connectivity index (χ4n) is 2.26. The normalized spacial score (nSPS) is 19.0. The Morgan fingerprint density at radius 3 is 2.60 bits per heavy atom. The van der Waals surface area contributed by atoms with E-state index in [1.54, 1.807) is 7.05 Å². The van der Waals surface area contributed by atoms with Crippen molar-refractivity contribution in [2.45, 2.75) is 31.9 Å². The van der Waals surface area contributed by atoms with E-state index in [2.05, 4.69) is 4.90 Å². The van der Waals surface area contributed by atoms with Crippen molar-refractivity contribution in [2.75, 3.05) is 46.4 Å². The number of morpholine rings is 1. The van der Waals surface area contributed by atoms with E-state index >= 15 is 0 Å². The zero-order valence-corrected chi connectivity index (χ0v) is 13.3. The van der Waals surface area contributed by atoms with E-state index in [1.807, 2.05) is 6.92 Å².